The average Bonchev–Trinajstić information content (AvgIpc) is 2.31. The molecule has 5 heteroatoms. The summed E-state index contributed by atoms with van der Waals surface area (Å²) in [7, 11) is 6.14. The lowest BCUT2D eigenvalue weighted by Crippen LogP contribution is -2.35. The molecule has 3 nitrogen and oxygen atoms in total. The quantitative estimate of drug-likeness (QED) is 0.873. The first kappa shape index (κ1) is 15.7. The predicted octanol–water partition coefficient (Wildman–Crippen LogP) is 2.49. The Morgan fingerprint density at radius 1 is 1.11 bits per heavy atom. The van der Waals surface area contributed by atoms with Gasteiger partial charge >= 0.3 is 0 Å². The average molecular weight is 290 g/mol. The molecule has 0 radical (unpaired) electrons. The Labute approximate surface area is 119 Å². The highest BCUT2D eigenvalue weighted by Crippen LogP contribution is 2.32. The fourth-order valence-electron chi connectivity index (χ4n) is 1.86. The van der Waals surface area contributed by atoms with Crippen molar-refractivity contribution in [1.29, 1.82) is 0 Å². The molecule has 0 saturated carbocycles. The van der Waals surface area contributed by atoms with E-state index in [-0.39, 0.29) is 6.04 Å². The van der Waals surface area contributed by atoms with Crippen LogP contribution in [0.3, 0.4) is 0 Å². The summed E-state index contributed by atoms with van der Waals surface area (Å²) in [6.45, 7) is 2.37. The van der Waals surface area contributed by atoms with Gasteiger partial charge in [-0.2, -0.15) is 0 Å². The van der Waals surface area contributed by atoms with E-state index in [1.165, 1.54) is 0 Å². The van der Waals surface area contributed by atoms with Crippen molar-refractivity contribution in [2.24, 2.45) is 5.73 Å². The molecule has 1 atom stereocenters. The lowest BCUT2D eigenvalue weighted by molar-refractivity contribution is 0.223. The van der Waals surface area contributed by atoms with Gasteiger partial charge in [-0.1, -0.05) is 29.3 Å². The second-order valence-electron chi connectivity index (χ2n) is 4.67. The monoisotopic (exact) mass is 289 g/mol. The highest BCUT2D eigenvalue weighted by atomic mass is 35.5. The Bertz CT molecular complexity index is 362. The maximum atomic E-state index is 6.23. The standard InChI is InChI=1S/C13H21Cl2N3/c1-17(2)7-8-18(3)12(9-16)13-10(14)5-4-6-11(13)15/h4-6,12H,7-9,16H2,1-3H3. The molecule has 0 aliphatic rings. The Morgan fingerprint density at radius 2 is 1.67 bits per heavy atom. The first-order valence-electron chi connectivity index (χ1n) is 5.96. The van der Waals surface area contributed by atoms with E-state index < -0.39 is 0 Å². The van der Waals surface area contributed by atoms with Gasteiger partial charge in [0.25, 0.3) is 0 Å². The van der Waals surface area contributed by atoms with Crippen LogP contribution in [0.15, 0.2) is 18.2 Å². The number of rotatable bonds is 6. The summed E-state index contributed by atoms with van der Waals surface area (Å²) in [5.74, 6) is 0. The van der Waals surface area contributed by atoms with Gasteiger partial charge < -0.3 is 10.6 Å². The number of hydrogen-bond acceptors (Lipinski definition) is 3. The molecule has 2 N–H and O–H groups in total. The fraction of sp³-hybridized carbons (Fsp3) is 0.538. The number of benzene rings is 1. The lowest BCUT2D eigenvalue weighted by atomic mass is 10.1. The molecule has 1 unspecified atom stereocenters. The highest BCUT2D eigenvalue weighted by molar-refractivity contribution is 6.36. The van der Waals surface area contributed by atoms with Crippen molar-refractivity contribution in [3.05, 3.63) is 33.8 Å². The van der Waals surface area contributed by atoms with Crippen LogP contribution in [-0.2, 0) is 0 Å². The third-order valence-corrected chi connectivity index (χ3v) is 3.65. The van der Waals surface area contributed by atoms with Gasteiger partial charge in [0.15, 0.2) is 0 Å². The summed E-state index contributed by atoms with van der Waals surface area (Å²) >= 11 is 12.5. The SMILES string of the molecule is CN(C)CCN(C)C(CN)c1c(Cl)cccc1Cl. The highest BCUT2D eigenvalue weighted by Gasteiger charge is 2.20. The molecule has 0 spiro atoms. The fourth-order valence-corrected chi connectivity index (χ4v) is 2.51. The van der Waals surface area contributed by atoms with E-state index in [4.69, 9.17) is 28.9 Å². The summed E-state index contributed by atoms with van der Waals surface area (Å²) in [4.78, 5) is 4.32. The minimum Gasteiger partial charge on any atom is -0.329 e. The first-order valence-corrected chi connectivity index (χ1v) is 6.72. The van der Waals surface area contributed by atoms with Crippen LogP contribution in [0, 0.1) is 0 Å². The van der Waals surface area contributed by atoms with Crippen LogP contribution in [0.4, 0.5) is 0 Å². The lowest BCUT2D eigenvalue weighted by Gasteiger charge is -2.29. The van der Waals surface area contributed by atoms with Crippen molar-refractivity contribution in [3.8, 4) is 0 Å². The topological polar surface area (TPSA) is 32.5 Å². The van der Waals surface area contributed by atoms with Crippen molar-refractivity contribution >= 4 is 23.2 Å². The number of nitrogens with zero attached hydrogens (tertiary/aromatic N) is 2. The zero-order valence-electron chi connectivity index (χ0n) is 11.2. The molecule has 0 heterocycles. The van der Waals surface area contributed by atoms with Gasteiger partial charge in [0.05, 0.1) is 0 Å². The van der Waals surface area contributed by atoms with Gasteiger partial charge in [0.2, 0.25) is 0 Å². The second-order valence-corrected chi connectivity index (χ2v) is 5.49. The summed E-state index contributed by atoms with van der Waals surface area (Å²) in [5, 5.41) is 1.35. The number of hydrogen-bond donors (Lipinski definition) is 1. The van der Waals surface area contributed by atoms with Gasteiger partial charge in [-0.25, -0.2) is 0 Å². The zero-order chi connectivity index (χ0) is 13.7. The van der Waals surface area contributed by atoms with Crippen LogP contribution >= 0.6 is 23.2 Å². The third kappa shape index (κ3) is 4.11. The summed E-state index contributed by atoms with van der Waals surface area (Å²) < 4.78 is 0. The van der Waals surface area contributed by atoms with Crippen LogP contribution in [0.2, 0.25) is 10.0 Å². The van der Waals surface area contributed by atoms with Crippen molar-refractivity contribution in [2.45, 2.75) is 6.04 Å². The van der Waals surface area contributed by atoms with Crippen LogP contribution < -0.4 is 5.73 Å². The number of halogens is 2. The second kappa shape index (κ2) is 7.31. The molecule has 102 valence electrons. The molecule has 1 rings (SSSR count). The van der Waals surface area contributed by atoms with Gasteiger partial charge in [0.1, 0.15) is 0 Å². The maximum absolute atomic E-state index is 6.23. The van der Waals surface area contributed by atoms with E-state index in [9.17, 15) is 0 Å². The predicted molar refractivity (Wildman–Crippen MR) is 79.4 cm³/mol. The van der Waals surface area contributed by atoms with Crippen LogP contribution in [0.25, 0.3) is 0 Å². The van der Waals surface area contributed by atoms with E-state index in [1.54, 1.807) is 0 Å². The Morgan fingerprint density at radius 3 is 2.11 bits per heavy atom. The van der Waals surface area contributed by atoms with Gasteiger partial charge in [0, 0.05) is 41.3 Å². The Hall–Kier alpha value is -0.320. The molecule has 1 aromatic rings. The van der Waals surface area contributed by atoms with Crippen molar-refractivity contribution in [3.63, 3.8) is 0 Å². The summed E-state index contributed by atoms with van der Waals surface area (Å²) in [6.07, 6.45) is 0. The Balaban J connectivity index is 2.88. The molecule has 0 fully saturated rings. The van der Waals surface area contributed by atoms with Crippen LogP contribution in [-0.4, -0.2) is 50.6 Å². The molecule has 18 heavy (non-hydrogen) atoms. The van der Waals surface area contributed by atoms with Crippen molar-refractivity contribution in [1.82, 2.24) is 9.80 Å². The molecule has 0 amide bonds. The van der Waals surface area contributed by atoms with Gasteiger partial charge in [-0.3, -0.25) is 4.90 Å². The minimum absolute atomic E-state index is 0.0474. The smallest absolute Gasteiger partial charge is 0.0497 e. The number of likely N-dealkylation sites (N-methyl/N-ethyl adjacent to an activating group) is 2. The Kier molecular flexibility index (Phi) is 6.39. The molecule has 0 aliphatic carbocycles. The molecule has 0 saturated heterocycles. The van der Waals surface area contributed by atoms with Gasteiger partial charge in [-0.05, 0) is 33.3 Å². The largest absolute Gasteiger partial charge is 0.329 e. The van der Waals surface area contributed by atoms with E-state index in [1.807, 2.05) is 39.3 Å². The first-order chi connectivity index (χ1) is 8.47. The zero-order valence-corrected chi connectivity index (χ0v) is 12.7. The van der Waals surface area contributed by atoms with Crippen molar-refractivity contribution < 1.29 is 0 Å². The molecule has 0 aliphatic heterocycles. The number of nitrogens with two attached hydrogens (primary N) is 1. The molecule has 1 aromatic carbocycles. The van der Waals surface area contributed by atoms with E-state index in [0.29, 0.717) is 16.6 Å². The maximum Gasteiger partial charge on any atom is 0.0497 e. The van der Waals surface area contributed by atoms with E-state index in [2.05, 4.69) is 9.80 Å². The van der Waals surface area contributed by atoms with E-state index in [0.717, 1.165) is 18.7 Å². The third-order valence-electron chi connectivity index (χ3n) is 2.99. The summed E-state index contributed by atoms with van der Waals surface area (Å²) in [5.41, 5.74) is 6.80. The van der Waals surface area contributed by atoms with E-state index >= 15 is 0 Å². The molecule has 0 aromatic heterocycles. The van der Waals surface area contributed by atoms with Crippen LogP contribution in [0.5, 0.6) is 0 Å². The normalized spacial score (nSPS) is 13.3. The summed E-state index contributed by atoms with van der Waals surface area (Å²) in [6, 6.07) is 5.60. The minimum atomic E-state index is 0.0474. The molecular formula is C13H21Cl2N3. The van der Waals surface area contributed by atoms with Gasteiger partial charge in [-0.15, -0.1) is 0 Å². The molecular weight excluding hydrogens is 269 g/mol. The van der Waals surface area contributed by atoms with Crippen LogP contribution in [0.1, 0.15) is 11.6 Å². The van der Waals surface area contributed by atoms with Crippen molar-refractivity contribution in [2.75, 3.05) is 40.8 Å². The molecule has 0 bridgehead atoms.